The Kier molecular flexibility index (Phi) is 16.1. The second kappa shape index (κ2) is 16.5. The van der Waals surface area contributed by atoms with Gasteiger partial charge in [0, 0.05) is 7.11 Å². The Balaban J connectivity index is 2.88. The van der Waals surface area contributed by atoms with Crippen LogP contribution in [0.25, 0.3) is 0 Å². The molecule has 1 N–H and O–H groups in total. The van der Waals surface area contributed by atoms with Crippen molar-refractivity contribution in [2.75, 3.05) is 26.9 Å². The maximum Gasteiger partial charge on any atom is 0.0961 e. The van der Waals surface area contributed by atoms with E-state index in [1.165, 1.54) is 51.4 Å². The van der Waals surface area contributed by atoms with Crippen LogP contribution in [0.4, 0.5) is 0 Å². The van der Waals surface area contributed by atoms with Gasteiger partial charge in [0.2, 0.25) is 0 Å². The third-order valence-electron chi connectivity index (χ3n) is 3.10. The predicted molar refractivity (Wildman–Crippen MR) is 76.7 cm³/mol. The van der Waals surface area contributed by atoms with Gasteiger partial charge in [0.15, 0.2) is 0 Å². The fourth-order valence-electron chi connectivity index (χ4n) is 2.01. The van der Waals surface area contributed by atoms with Gasteiger partial charge in [0.1, 0.15) is 0 Å². The van der Waals surface area contributed by atoms with Crippen LogP contribution in [0.2, 0.25) is 0 Å². The van der Waals surface area contributed by atoms with Crippen LogP contribution in [0.15, 0.2) is 5.18 Å². The number of nitroso groups, excluding NO2 is 1. The average molecular weight is 258 g/mol. The molecule has 0 spiro atoms. The molecule has 0 aromatic carbocycles. The lowest BCUT2D eigenvalue weighted by molar-refractivity contribution is 0.175. The number of nitrogens with zero attached hydrogens (tertiary/aromatic N) is 1. The van der Waals surface area contributed by atoms with Crippen molar-refractivity contribution >= 4 is 0 Å². The molecule has 4 heteroatoms. The molecule has 0 heterocycles. The highest BCUT2D eigenvalue weighted by Gasteiger charge is 1.93. The van der Waals surface area contributed by atoms with Gasteiger partial charge in [-0.25, -0.2) is 0 Å². The fraction of sp³-hybridized carbons (Fsp3) is 1.00. The molecule has 0 atom stereocenters. The van der Waals surface area contributed by atoms with Crippen LogP contribution in [-0.2, 0) is 4.74 Å². The Hall–Kier alpha value is -0.480. The van der Waals surface area contributed by atoms with Crippen LogP contribution < -0.4 is 5.32 Å². The number of nitrogens with one attached hydrogen (secondary N) is 1. The molecule has 108 valence electrons. The van der Waals surface area contributed by atoms with E-state index < -0.39 is 0 Å². The molecule has 0 radical (unpaired) electrons. The van der Waals surface area contributed by atoms with Gasteiger partial charge in [-0.1, -0.05) is 56.5 Å². The number of ether oxygens (including phenoxy) is 1. The van der Waals surface area contributed by atoms with E-state index in [1.54, 1.807) is 7.11 Å². The molecule has 0 aromatic heterocycles. The first-order valence-corrected chi connectivity index (χ1v) is 7.40. The molecule has 0 aliphatic heterocycles. The molecule has 0 bridgehead atoms. The third-order valence-corrected chi connectivity index (χ3v) is 3.10. The smallest absolute Gasteiger partial charge is 0.0961 e. The van der Waals surface area contributed by atoms with Gasteiger partial charge in [-0.15, -0.1) is 0 Å². The summed E-state index contributed by atoms with van der Waals surface area (Å²) in [4.78, 5) is 9.86. The molecule has 0 aliphatic rings. The lowest BCUT2D eigenvalue weighted by Crippen LogP contribution is -2.17. The van der Waals surface area contributed by atoms with Gasteiger partial charge in [-0.3, -0.25) is 5.32 Å². The molecular formula is C14H30N2O2. The molecule has 0 saturated heterocycles. The predicted octanol–water partition coefficient (Wildman–Crippen LogP) is 3.85. The summed E-state index contributed by atoms with van der Waals surface area (Å²) >= 11 is 0. The first kappa shape index (κ1) is 17.5. The first-order valence-electron chi connectivity index (χ1n) is 7.40. The largest absolute Gasteiger partial charge is 0.370 e. The molecule has 0 aromatic rings. The molecule has 0 fully saturated rings. The summed E-state index contributed by atoms with van der Waals surface area (Å²) in [5, 5.41) is 6.09. The van der Waals surface area contributed by atoms with Crippen LogP contribution >= 0.6 is 0 Å². The van der Waals surface area contributed by atoms with Crippen molar-refractivity contribution in [2.45, 2.75) is 64.2 Å². The maximum absolute atomic E-state index is 9.86. The van der Waals surface area contributed by atoms with Gasteiger partial charge in [0.05, 0.1) is 13.3 Å². The zero-order valence-electron chi connectivity index (χ0n) is 12.0. The van der Waals surface area contributed by atoms with Crippen molar-refractivity contribution in [1.82, 2.24) is 5.32 Å². The van der Waals surface area contributed by atoms with Crippen molar-refractivity contribution in [3.05, 3.63) is 4.91 Å². The molecule has 4 nitrogen and oxygen atoms in total. The highest BCUT2D eigenvalue weighted by molar-refractivity contribution is 4.50. The van der Waals surface area contributed by atoms with Crippen LogP contribution in [-0.4, -0.2) is 26.9 Å². The molecular weight excluding hydrogens is 228 g/mol. The molecule has 18 heavy (non-hydrogen) atoms. The third kappa shape index (κ3) is 15.5. The minimum Gasteiger partial charge on any atom is -0.370 e. The highest BCUT2D eigenvalue weighted by Crippen LogP contribution is 2.10. The lowest BCUT2D eigenvalue weighted by Gasteiger charge is -2.03. The Labute approximate surface area is 112 Å². The lowest BCUT2D eigenvalue weighted by atomic mass is 10.1. The number of unbranched alkanes of at least 4 members (excludes halogenated alkanes) is 9. The van der Waals surface area contributed by atoms with E-state index in [0.29, 0.717) is 13.3 Å². The maximum atomic E-state index is 9.86. The van der Waals surface area contributed by atoms with Crippen LogP contribution in [0.1, 0.15) is 64.2 Å². The normalized spacial score (nSPS) is 10.7. The number of methoxy groups -OCH3 is 1. The zero-order valence-corrected chi connectivity index (χ0v) is 12.0. The summed E-state index contributed by atoms with van der Waals surface area (Å²) in [5.41, 5.74) is 0. The van der Waals surface area contributed by atoms with E-state index in [1.807, 2.05) is 0 Å². The van der Waals surface area contributed by atoms with Gasteiger partial charge in [0.25, 0.3) is 0 Å². The SMILES string of the molecule is COCNCCCCCCCCCCCCN=O. The van der Waals surface area contributed by atoms with Crippen molar-refractivity contribution in [3.8, 4) is 0 Å². The molecule has 0 aliphatic carbocycles. The van der Waals surface area contributed by atoms with E-state index >= 15 is 0 Å². The van der Waals surface area contributed by atoms with E-state index in [4.69, 9.17) is 4.74 Å². The topological polar surface area (TPSA) is 50.7 Å². The van der Waals surface area contributed by atoms with Crippen LogP contribution in [0, 0.1) is 4.91 Å². The quantitative estimate of drug-likeness (QED) is 0.276. The summed E-state index contributed by atoms with van der Waals surface area (Å²) < 4.78 is 4.91. The Morgan fingerprint density at radius 2 is 1.33 bits per heavy atom. The van der Waals surface area contributed by atoms with E-state index in [9.17, 15) is 4.91 Å². The number of rotatable bonds is 15. The van der Waals surface area contributed by atoms with E-state index in [0.717, 1.165) is 19.4 Å². The van der Waals surface area contributed by atoms with Crippen LogP contribution in [0.5, 0.6) is 0 Å². The van der Waals surface area contributed by atoms with Gasteiger partial charge < -0.3 is 4.74 Å². The Bertz CT molecular complexity index is 166. The van der Waals surface area contributed by atoms with Crippen LogP contribution in [0.3, 0.4) is 0 Å². The Morgan fingerprint density at radius 1 is 0.833 bits per heavy atom. The number of hydrogen-bond acceptors (Lipinski definition) is 4. The summed E-state index contributed by atoms with van der Waals surface area (Å²) in [6.45, 7) is 2.23. The standard InChI is InChI=1S/C14H30N2O2/c1-18-14-15-12-10-8-6-4-2-3-5-7-9-11-13-16-17/h15H,2-14H2,1H3. The minimum atomic E-state index is 0.497. The second-order valence-electron chi connectivity index (χ2n) is 4.82. The number of hydrogen-bond donors (Lipinski definition) is 1. The summed E-state index contributed by atoms with van der Waals surface area (Å²) in [5.74, 6) is 0. The van der Waals surface area contributed by atoms with Gasteiger partial charge in [-0.2, -0.15) is 4.91 Å². The second-order valence-corrected chi connectivity index (χ2v) is 4.82. The monoisotopic (exact) mass is 258 g/mol. The average Bonchev–Trinajstić information content (AvgIpc) is 2.39. The summed E-state index contributed by atoms with van der Waals surface area (Å²) in [6.07, 6.45) is 12.7. The fourth-order valence-corrected chi connectivity index (χ4v) is 2.01. The Morgan fingerprint density at radius 3 is 1.83 bits per heavy atom. The zero-order chi connectivity index (χ0) is 13.3. The molecule has 0 rings (SSSR count). The van der Waals surface area contributed by atoms with Gasteiger partial charge in [-0.05, 0) is 19.4 Å². The van der Waals surface area contributed by atoms with Crippen molar-refractivity contribution in [3.63, 3.8) is 0 Å². The summed E-state index contributed by atoms with van der Waals surface area (Å²) in [7, 11) is 1.71. The molecule has 0 unspecified atom stereocenters. The van der Waals surface area contributed by atoms with Crippen molar-refractivity contribution < 1.29 is 4.74 Å². The van der Waals surface area contributed by atoms with Crippen molar-refractivity contribution in [2.24, 2.45) is 5.18 Å². The van der Waals surface area contributed by atoms with Crippen molar-refractivity contribution in [1.29, 1.82) is 0 Å². The van der Waals surface area contributed by atoms with E-state index in [-0.39, 0.29) is 0 Å². The van der Waals surface area contributed by atoms with Gasteiger partial charge >= 0.3 is 0 Å². The van der Waals surface area contributed by atoms with E-state index in [2.05, 4.69) is 10.5 Å². The minimum absolute atomic E-state index is 0.497. The summed E-state index contributed by atoms with van der Waals surface area (Å²) in [6, 6.07) is 0. The first-order chi connectivity index (χ1) is 8.91. The molecule has 0 amide bonds. The molecule has 0 saturated carbocycles. The highest BCUT2D eigenvalue weighted by atomic mass is 16.5.